The molecular weight excluding hydrogens is 236 g/mol. The Labute approximate surface area is 105 Å². The van der Waals surface area contributed by atoms with Gasteiger partial charge >= 0.3 is 5.97 Å². The zero-order valence-electron chi connectivity index (χ0n) is 10.3. The van der Waals surface area contributed by atoms with Gasteiger partial charge in [0.1, 0.15) is 11.3 Å². The number of anilines is 1. The number of aromatic hydroxyl groups is 1. The highest BCUT2D eigenvalue weighted by Crippen LogP contribution is 2.21. The normalized spacial score (nSPS) is 10.4. The lowest BCUT2D eigenvalue weighted by Crippen LogP contribution is -2.20. The highest BCUT2D eigenvalue weighted by atomic mass is 16.4. The van der Waals surface area contributed by atoms with Crippen molar-refractivity contribution < 1.29 is 19.8 Å². The predicted octanol–water partition coefficient (Wildman–Crippen LogP) is 0.981. The monoisotopic (exact) mass is 252 g/mol. The number of nitrogens with one attached hydrogen (secondary N) is 1. The Morgan fingerprint density at radius 3 is 2.56 bits per heavy atom. The van der Waals surface area contributed by atoms with Crippen LogP contribution in [0.5, 0.6) is 5.75 Å². The van der Waals surface area contributed by atoms with Gasteiger partial charge in [0.05, 0.1) is 0 Å². The van der Waals surface area contributed by atoms with Crippen molar-refractivity contribution in [2.45, 2.75) is 6.42 Å². The third kappa shape index (κ3) is 4.06. The van der Waals surface area contributed by atoms with Crippen LogP contribution >= 0.6 is 0 Å². The maximum absolute atomic E-state index is 11.5. The standard InChI is InChI=1S/C12H16N2O4/c1-14(2)6-5-11(16)13-8-3-4-10(15)9(7-8)12(17)18/h3-4,7,15H,5-6H2,1-2H3,(H,13,16)(H,17,18). The van der Waals surface area contributed by atoms with E-state index in [-0.39, 0.29) is 17.2 Å². The molecule has 1 aromatic rings. The molecule has 0 aliphatic heterocycles. The van der Waals surface area contributed by atoms with Crippen molar-refractivity contribution in [3.63, 3.8) is 0 Å². The maximum atomic E-state index is 11.5. The predicted molar refractivity (Wildman–Crippen MR) is 66.9 cm³/mol. The summed E-state index contributed by atoms with van der Waals surface area (Å²) in [6.07, 6.45) is 0.316. The molecule has 0 saturated heterocycles. The molecule has 6 nitrogen and oxygen atoms in total. The molecule has 0 fully saturated rings. The summed E-state index contributed by atoms with van der Waals surface area (Å²) in [5.74, 6) is -1.77. The number of carboxylic acid groups (broad SMARTS) is 1. The molecule has 0 bridgehead atoms. The Kier molecular flexibility index (Phi) is 4.67. The van der Waals surface area contributed by atoms with Crippen molar-refractivity contribution in [1.29, 1.82) is 0 Å². The average molecular weight is 252 g/mol. The van der Waals surface area contributed by atoms with Crippen molar-refractivity contribution >= 4 is 17.6 Å². The molecule has 0 aromatic heterocycles. The van der Waals surface area contributed by atoms with Crippen LogP contribution in [0.2, 0.25) is 0 Å². The molecule has 1 amide bonds. The highest BCUT2D eigenvalue weighted by molar-refractivity contribution is 5.95. The Morgan fingerprint density at radius 2 is 2.00 bits per heavy atom. The van der Waals surface area contributed by atoms with Crippen LogP contribution in [-0.2, 0) is 4.79 Å². The summed E-state index contributed by atoms with van der Waals surface area (Å²) in [7, 11) is 3.72. The minimum absolute atomic E-state index is 0.203. The SMILES string of the molecule is CN(C)CCC(=O)Nc1ccc(O)c(C(=O)O)c1. The Bertz CT molecular complexity index is 457. The van der Waals surface area contributed by atoms with E-state index in [4.69, 9.17) is 5.11 Å². The molecule has 0 radical (unpaired) electrons. The van der Waals surface area contributed by atoms with E-state index in [9.17, 15) is 14.7 Å². The molecule has 0 spiro atoms. The Morgan fingerprint density at radius 1 is 1.33 bits per heavy atom. The van der Waals surface area contributed by atoms with Crippen molar-refractivity contribution in [3.05, 3.63) is 23.8 Å². The second-order valence-electron chi connectivity index (χ2n) is 4.14. The van der Waals surface area contributed by atoms with E-state index in [1.54, 1.807) is 0 Å². The molecule has 18 heavy (non-hydrogen) atoms. The molecule has 0 heterocycles. The fourth-order valence-corrected chi connectivity index (χ4v) is 1.33. The van der Waals surface area contributed by atoms with Gasteiger partial charge in [-0.2, -0.15) is 0 Å². The van der Waals surface area contributed by atoms with E-state index >= 15 is 0 Å². The van der Waals surface area contributed by atoms with E-state index in [1.807, 2.05) is 19.0 Å². The molecule has 0 atom stereocenters. The summed E-state index contributed by atoms with van der Waals surface area (Å²) in [6.45, 7) is 0.607. The maximum Gasteiger partial charge on any atom is 0.339 e. The largest absolute Gasteiger partial charge is 0.507 e. The fraction of sp³-hybridized carbons (Fsp3) is 0.333. The second-order valence-corrected chi connectivity index (χ2v) is 4.14. The molecule has 3 N–H and O–H groups in total. The number of nitrogens with zero attached hydrogens (tertiary/aromatic N) is 1. The lowest BCUT2D eigenvalue weighted by Gasteiger charge is -2.10. The Balaban J connectivity index is 2.70. The second kappa shape index (κ2) is 6.02. The number of amides is 1. The average Bonchev–Trinajstić information content (AvgIpc) is 2.28. The smallest absolute Gasteiger partial charge is 0.339 e. The van der Waals surface area contributed by atoms with Gasteiger partial charge in [-0.25, -0.2) is 4.79 Å². The van der Waals surface area contributed by atoms with Crippen molar-refractivity contribution in [2.75, 3.05) is 26.0 Å². The van der Waals surface area contributed by atoms with Gasteiger partial charge in [0.25, 0.3) is 0 Å². The molecule has 0 unspecified atom stereocenters. The molecule has 98 valence electrons. The summed E-state index contributed by atoms with van der Waals surface area (Å²) in [4.78, 5) is 24.2. The van der Waals surface area contributed by atoms with Crippen LogP contribution in [-0.4, -0.2) is 47.6 Å². The molecule has 1 rings (SSSR count). The number of phenols is 1. The van der Waals surface area contributed by atoms with Gasteiger partial charge in [-0.1, -0.05) is 0 Å². The molecule has 0 aliphatic rings. The van der Waals surface area contributed by atoms with Crippen LogP contribution in [0.15, 0.2) is 18.2 Å². The Hall–Kier alpha value is -2.08. The van der Waals surface area contributed by atoms with Crippen LogP contribution in [0.4, 0.5) is 5.69 Å². The van der Waals surface area contributed by atoms with Gasteiger partial charge in [0.15, 0.2) is 0 Å². The number of carbonyl (C=O) groups is 2. The minimum atomic E-state index is -1.24. The third-order valence-electron chi connectivity index (χ3n) is 2.30. The quantitative estimate of drug-likeness (QED) is 0.680. The van der Waals surface area contributed by atoms with Crippen LogP contribution in [0.25, 0.3) is 0 Å². The first-order valence-electron chi connectivity index (χ1n) is 5.41. The van der Waals surface area contributed by atoms with E-state index in [0.29, 0.717) is 18.7 Å². The van der Waals surface area contributed by atoms with E-state index in [2.05, 4.69) is 5.32 Å². The summed E-state index contributed by atoms with van der Waals surface area (Å²) >= 11 is 0. The molecular formula is C12H16N2O4. The number of aromatic carboxylic acids is 1. The lowest BCUT2D eigenvalue weighted by atomic mass is 10.1. The van der Waals surface area contributed by atoms with Crippen molar-refractivity contribution in [3.8, 4) is 5.75 Å². The number of rotatable bonds is 5. The molecule has 6 heteroatoms. The van der Waals surface area contributed by atoms with E-state index < -0.39 is 5.97 Å². The number of carbonyl (C=O) groups excluding carboxylic acids is 1. The fourth-order valence-electron chi connectivity index (χ4n) is 1.33. The lowest BCUT2D eigenvalue weighted by molar-refractivity contribution is -0.116. The highest BCUT2D eigenvalue weighted by Gasteiger charge is 2.11. The number of hydrogen-bond donors (Lipinski definition) is 3. The van der Waals surface area contributed by atoms with Crippen molar-refractivity contribution in [2.24, 2.45) is 0 Å². The first-order chi connectivity index (χ1) is 8.40. The molecule has 0 saturated carbocycles. The zero-order chi connectivity index (χ0) is 13.7. The van der Waals surface area contributed by atoms with Crippen LogP contribution in [0, 0.1) is 0 Å². The molecule has 0 aliphatic carbocycles. The van der Waals surface area contributed by atoms with Crippen molar-refractivity contribution in [1.82, 2.24) is 4.90 Å². The van der Waals surface area contributed by atoms with Gasteiger partial charge in [0, 0.05) is 18.7 Å². The van der Waals surface area contributed by atoms with Crippen LogP contribution in [0.1, 0.15) is 16.8 Å². The summed E-state index contributed by atoms with van der Waals surface area (Å²) in [5.41, 5.74) is 0.120. The van der Waals surface area contributed by atoms with E-state index in [0.717, 1.165) is 0 Å². The van der Waals surface area contributed by atoms with Gasteiger partial charge in [-0.15, -0.1) is 0 Å². The number of benzene rings is 1. The van der Waals surface area contributed by atoms with E-state index in [1.165, 1.54) is 18.2 Å². The number of carboxylic acids is 1. The van der Waals surface area contributed by atoms with Gasteiger partial charge in [-0.05, 0) is 32.3 Å². The van der Waals surface area contributed by atoms with Gasteiger partial charge in [-0.3, -0.25) is 4.79 Å². The molecule has 1 aromatic carbocycles. The van der Waals surface area contributed by atoms with Gasteiger partial charge in [0.2, 0.25) is 5.91 Å². The van der Waals surface area contributed by atoms with Gasteiger partial charge < -0.3 is 20.4 Å². The van der Waals surface area contributed by atoms with Crippen LogP contribution in [0.3, 0.4) is 0 Å². The minimum Gasteiger partial charge on any atom is -0.507 e. The summed E-state index contributed by atoms with van der Waals surface area (Å²) in [5, 5.41) is 20.7. The summed E-state index contributed by atoms with van der Waals surface area (Å²) in [6, 6.07) is 3.92. The first-order valence-corrected chi connectivity index (χ1v) is 5.41. The summed E-state index contributed by atoms with van der Waals surface area (Å²) < 4.78 is 0. The number of hydrogen-bond acceptors (Lipinski definition) is 4. The topological polar surface area (TPSA) is 89.9 Å². The third-order valence-corrected chi connectivity index (χ3v) is 2.30. The zero-order valence-corrected chi connectivity index (χ0v) is 10.3. The van der Waals surface area contributed by atoms with Crippen LogP contribution < -0.4 is 5.32 Å². The first kappa shape index (κ1) is 14.0.